The first-order valence-corrected chi connectivity index (χ1v) is 9.27. The Labute approximate surface area is 153 Å². The van der Waals surface area contributed by atoms with Gasteiger partial charge in [0.2, 0.25) is 5.91 Å². The fourth-order valence-electron chi connectivity index (χ4n) is 3.58. The van der Waals surface area contributed by atoms with Crippen LogP contribution in [0.15, 0.2) is 12.3 Å². The Kier molecular flexibility index (Phi) is 5.12. The average molecular weight is 362 g/mol. The number of nitrogens with zero attached hydrogens (tertiary/aromatic N) is 3. The Balaban J connectivity index is 1.28. The quantitative estimate of drug-likeness (QED) is 0.728. The van der Waals surface area contributed by atoms with Gasteiger partial charge in [-0.05, 0) is 13.0 Å². The summed E-state index contributed by atoms with van der Waals surface area (Å²) in [6.45, 7) is 4.94. The summed E-state index contributed by atoms with van der Waals surface area (Å²) >= 11 is 0. The molecular formula is C18H26N4O4. The number of methoxy groups -OCH3 is 1. The van der Waals surface area contributed by atoms with E-state index in [9.17, 15) is 4.79 Å². The number of nitrogens with one attached hydrogen (secondary N) is 1. The second-order valence-electron chi connectivity index (χ2n) is 6.96. The summed E-state index contributed by atoms with van der Waals surface area (Å²) in [6, 6.07) is 2.48. The number of rotatable bonds is 6. The lowest BCUT2D eigenvalue weighted by molar-refractivity contribution is -0.133. The topological polar surface area (TPSA) is 76.2 Å². The van der Waals surface area contributed by atoms with E-state index in [1.807, 2.05) is 11.0 Å². The third kappa shape index (κ3) is 3.57. The Morgan fingerprint density at radius 1 is 1.46 bits per heavy atom. The van der Waals surface area contributed by atoms with Crippen LogP contribution in [0.4, 0.5) is 5.82 Å². The number of carbonyl (C=O) groups is 1. The van der Waals surface area contributed by atoms with Crippen LogP contribution in [-0.4, -0.2) is 81.0 Å². The van der Waals surface area contributed by atoms with Gasteiger partial charge in [0.25, 0.3) is 0 Å². The number of amides is 1. The molecule has 0 radical (unpaired) electrons. The minimum atomic E-state index is 0.140. The monoisotopic (exact) mass is 362 g/mol. The van der Waals surface area contributed by atoms with Gasteiger partial charge in [-0.3, -0.25) is 4.79 Å². The predicted octanol–water partition coefficient (Wildman–Crippen LogP) is 0.268. The highest BCUT2D eigenvalue weighted by Crippen LogP contribution is 2.35. The fourth-order valence-corrected chi connectivity index (χ4v) is 3.58. The van der Waals surface area contributed by atoms with Gasteiger partial charge in [-0.25, -0.2) is 4.98 Å². The second kappa shape index (κ2) is 7.67. The zero-order valence-electron chi connectivity index (χ0n) is 15.1. The molecule has 1 aromatic rings. The summed E-state index contributed by atoms with van der Waals surface area (Å²) in [7, 11) is 1.62. The van der Waals surface area contributed by atoms with E-state index < -0.39 is 0 Å². The summed E-state index contributed by atoms with van der Waals surface area (Å²) in [5, 5.41) is 3.29. The first kappa shape index (κ1) is 17.4. The van der Waals surface area contributed by atoms with Gasteiger partial charge in [0.15, 0.2) is 11.6 Å². The third-order valence-corrected chi connectivity index (χ3v) is 5.29. The molecule has 2 atom stereocenters. The van der Waals surface area contributed by atoms with Crippen molar-refractivity contribution in [2.75, 3.05) is 58.0 Å². The Morgan fingerprint density at radius 3 is 3.12 bits per heavy atom. The molecule has 2 unspecified atom stereocenters. The SMILES string of the molecule is COc1cnc2c(c1)OCC1CN(C(=O)CCOCC3CCN3)CCN21. The minimum absolute atomic E-state index is 0.140. The standard InChI is InChI=1S/C18H26N4O4/c1-24-15-8-16-18(20-9-15)22-6-5-21(10-14(22)12-26-16)17(23)3-7-25-11-13-2-4-19-13/h8-9,13-14,19H,2-7,10-12H2,1H3. The molecule has 0 spiro atoms. The number of hydrogen-bond acceptors (Lipinski definition) is 7. The van der Waals surface area contributed by atoms with E-state index in [0.717, 1.165) is 24.7 Å². The molecule has 0 bridgehead atoms. The lowest BCUT2D eigenvalue weighted by atomic mass is 10.1. The molecule has 0 aliphatic carbocycles. The highest BCUT2D eigenvalue weighted by atomic mass is 16.5. The Bertz CT molecular complexity index is 652. The highest BCUT2D eigenvalue weighted by molar-refractivity contribution is 5.77. The first-order valence-electron chi connectivity index (χ1n) is 9.27. The zero-order chi connectivity index (χ0) is 17.9. The van der Waals surface area contributed by atoms with Crippen molar-refractivity contribution in [3.63, 3.8) is 0 Å². The van der Waals surface area contributed by atoms with Gasteiger partial charge in [0.05, 0.1) is 39.0 Å². The zero-order valence-corrected chi connectivity index (χ0v) is 15.1. The summed E-state index contributed by atoms with van der Waals surface area (Å²) < 4.78 is 16.7. The normalized spacial score (nSPS) is 24.2. The second-order valence-corrected chi connectivity index (χ2v) is 6.96. The largest absolute Gasteiger partial charge is 0.495 e. The molecule has 8 heteroatoms. The molecule has 1 amide bonds. The number of carbonyl (C=O) groups excluding carboxylic acids is 1. The third-order valence-electron chi connectivity index (χ3n) is 5.29. The van der Waals surface area contributed by atoms with Crippen LogP contribution >= 0.6 is 0 Å². The predicted molar refractivity (Wildman–Crippen MR) is 95.8 cm³/mol. The maximum absolute atomic E-state index is 12.5. The van der Waals surface area contributed by atoms with Crippen molar-refractivity contribution < 1.29 is 19.0 Å². The van der Waals surface area contributed by atoms with Crippen LogP contribution in [-0.2, 0) is 9.53 Å². The molecule has 8 nitrogen and oxygen atoms in total. The number of anilines is 1. The number of ether oxygens (including phenoxy) is 3. The number of piperazine rings is 1. The van der Waals surface area contributed by atoms with Crippen molar-refractivity contribution in [2.45, 2.75) is 24.9 Å². The molecule has 0 saturated carbocycles. The van der Waals surface area contributed by atoms with Gasteiger partial charge in [-0.1, -0.05) is 0 Å². The lowest BCUT2D eigenvalue weighted by Gasteiger charge is -2.44. The Morgan fingerprint density at radius 2 is 2.35 bits per heavy atom. The van der Waals surface area contributed by atoms with E-state index >= 15 is 0 Å². The molecule has 1 N–H and O–H groups in total. The van der Waals surface area contributed by atoms with E-state index in [1.165, 1.54) is 6.42 Å². The van der Waals surface area contributed by atoms with Gasteiger partial charge in [-0.2, -0.15) is 0 Å². The molecule has 4 heterocycles. The molecule has 4 rings (SSSR count). The number of aromatic nitrogens is 1. The molecule has 1 aromatic heterocycles. The van der Waals surface area contributed by atoms with Crippen molar-refractivity contribution in [1.82, 2.24) is 15.2 Å². The van der Waals surface area contributed by atoms with Gasteiger partial charge >= 0.3 is 0 Å². The number of pyridine rings is 1. The molecule has 142 valence electrons. The maximum atomic E-state index is 12.5. The molecule has 2 fully saturated rings. The average Bonchev–Trinajstić information content (AvgIpc) is 2.65. The molecule has 0 aromatic carbocycles. The van der Waals surface area contributed by atoms with E-state index in [1.54, 1.807) is 13.3 Å². The molecular weight excluding hydrogens is 336 g/mol. The maximum Gasteiger partial charge on any atom is 0.225 e. The van der Waals surface area contributed by atoms with E-state index in [-0.39, 0.29) is 11.9 Å². The van der Waals surface area contributed by atoms with Crippen LogP contribution < -0.4 is 19.7 Å². The first-order chi connectivity index (χ1) is 12.7. The van der Waals surface area contributed by atoms with Gasteiger partial charge < -0.3 is 29.3 Å². The van der Waals surface area contributed by atoms with Gasteiger partial charge in [-0.15, -0.1) is 0 Å². The smallest absolute Gasteiger partial charge is 0.225 e. The number of fused-ring (bicyclic) bond motifs is 3. The minimum Gasteiger partial charge on any atom is -0.495 e. The van der Waals surface area contributed by atoms with Crippen molar-refractivity contribution in [3.8, 4) is 11.5 Å². The van der Waals surface area contributed by atoms with Crippen molar-refractivity contribution in [2.24, 2.45) is 0 Å². The van der Waals surface area contributed by atoms with E-state index in [4.69, 9.17) is 14.2 Å². The summed E-state index contributed by atoms with van der Waals surface area (Å²) in [5.74, 6) is 2.43. The van der Waals surface area contributed by atoms with Crippen LogP contribution in [0.25, 0.3) is 0 Å². The summed E-state index contributed by atoms with van der Waals surface area (Å²) in [5.41, 5.74) is 0. The van der Waals surface area contributed by atoms with E-state index in [2.05, 4.69) is 15.2 Å². The number of hydrogen-bond donors (Lipinski definition) is 1. The van der Waals surface area contributed by atoms with Gasteiger partial charge in [0, 0.05) is 31.7 Å². The highest BCUT2D eigenvalue weighted by Gasteiger charge is 2.35. The molecule has 3 aliphatic heterocycles. The van der Waals surface area contributed by atoms with Crippen LogP contribution in [0.1, 0.15) is 12.8 Å². The fraction of sp³-hybridized carbons (Fsp3) is 0.667. The summed E-state index contributed by atoms with van der Waals surface area (Å²) in [4.78, 5) is 21.1. The van der Waals surface area contributed by atoms with E-state index in [0.29, 0.717) is 51.1 Å². The van der Waals surface area contributed by atoms with Crippen LogP contribution in [0.2, 0.25) is 0 Å². The van der Waals surface area contributed by atoms with Crippen LogP contribution in [0.3, 0.4) is 0 Å². The van der Waals surface area contributed by atoms with Crippen LogP contribution in [0.5, 0.6) is 11.5 Å². The van der Waals surface area contributed by atoms with Crippen molar-refractivity contribution >= 4 is 11.7 Å². The molecule has 2 saturated heterocycles. The Hall–Kier alpha value is -2.06. The van der Waals surface area contributed by atoms with Crippen molar-refractivity contribution in [3.05, 3.63) is 12.3 Å². The lowest BCUT2D eigenvalue weighted by Crippen LogP contribution is -2.58. The van der Waals surface area contributed by atoms with Crippen LogP contribution in [0, 0.1) is 0 Å². The van der Waals surface area contributed by atoms with Gasteiger partial charge in [0.1, 0.15) is 12.4 Å². The van der Waals surface area contributed by atoms with Crippen molar-refractivity contribution in [1.29, 1.82) is 0 Å². The molecule has 3 aliphatic rings. The summed E-state index contributed by atoms with van der Waals surface area (Å²) in [6.07, 6.45) is 3.31. The molecule has 26 heavy (non-hydrogen) atoms.